The van der Waals surface area contributed by atoms with Gasteiger partial charge in [0, 0.05) is 38.2 Å². The molecule has 20 heavy (non-hydrogen) atoms. The maximum Gasteiger partial charge on any atom is 0.0466 e. The van der Waals surface area contributed by atoms with Crippen LogP contribution in [0.25, 0.3) is 0 Å². The van der Waals surface area contributed by atoms with E-state index >= 15 is 0 Å². The third-order valence-electron chi connectivity index (χ3n) is 3.17. The van der Waals surface area contributed by atoms with E-state index in [0.29, 0.717) is 0 Å². The van der Waals surface area contributed by atoms with Crippen molar-refractivity contribution in [1.82, 2.24) is 0 Å². The Hall–Kier alpha value is 0.500. The first-order valence-corrected chi connectivity index (χ1v) is 9.26. The fourth-order valence-corrected chi connectivity index (χ4v) is 2.29. The Morgan fingerprint density at radius 1 is 0.400 bits per heavy atom. The lowest BCUT2D eigenvalue weighted by Gasteiger charge is -2.05. The lowest BCUT2D eigenvalue weighted by molar-refractivity contribution is 0.124. The minimum Gasteiger partial charge on any atom is -0.381 e. The largest absolute Gasteiger partial charge is 0.381 e. The van der Waals surface area contributed by atoms with Gasteiger partial charge in [0.25, 0.3) is 0 Å². The summed E-state index contributed by atoms with van der Waals surface area (Å²) >= 11 is 11.2. The molecule has 0 saturated heterocycles. The van der Waals surface area contributed by atoms with Crippen molar-refractivity contribution in [3.8, 4) is 0 Å². The number of unbranched alkanes of at least 4 members (excludes halogenated alkanes) is 7. The van der Waals surface area contributed by atoms with Crippen molar-refractivity contribution in [3.63, 3.8) is 0 Å². The summed E-state index contributed by atoms with van der Waals surface area (Å²) in [4.78, 5) is 0. The van der Waals surface area contributed by atoms with Gasteiger partial charge >= 0.3 is 0 Å². The van der Waals surface area contributed by atoms with Gasteiger partial charge in [-0.1, -0.05) is 25.7 Å². The van der Waals surface area contributed by atoms with Crippen molar-refractivity contribution in [2.45, 2.75) is 64.2 Å². The number of hydrogen-bond donors (Lipinski definition) is 0. The number of halogens is 2. The van der Waals surface area contributed by atoms with Crippen LogP contribution in [-0.4, -0.2) is 38.2 Å². The molecule has 0 aromatic rings. The zero-order valence-electron chi connectivity index (χ0n) is 12.9. The molecule has 0 amide bonds. The summed E-state index contributed by atoms with van der Waals surface area (Å²) in [6.45, 7) is 3.56. The molecule has 0 fully saturated rings. The quantitative estimate of drug-likeness (QED) is 0.263. The van der Waals surface area contributed by atoms with Crippen LogP contribution in [0.1, 0.15) is 64.2 Å². The SMILES string of the molecule is ClCCCCOCCCCCCCCOCCCCCl. The zero-order valence-corrected chi connectivity index (χ0v) is 14.4. The summed E-state index contributed by atoms with van der Waals surface area (Å²) in [7, 11) is 0. The van der Waals surface area contributed by atoms with E-state index in [9.17, 15) is 0 Å². The van der Waals surface area contributed by atoms with Crippen molar-refractivity contribution < 1.29 is 9.47 Å². The van der Waals surface area contributed by atoms with Gasteiger partial charge in [-0.25, -0.2) is 0 Å². The second-order valence-electron chi connectivity index (χ2n) is 5.14. The maximum atomic E-state index is 5.60. The van der Waals surface area contributed by atoms with Crippen molar-refractivity contribution in [2.75, 3.05) is 38.2 Å². The van der Waals surface area contributed by atoms with Crippen LogP contribution in [0.15, 0.2) is 0 Å². The fraction of sp³-hybridized carbons (Fsp3) is 1.00. The lowest BCUT2D eigenvalue weighted by Crippen LogP contribution is -1.98. The summed E-state index contributed by atoms with van der Waals surface area (Å²) in [6, 6.07) is 0. The average Bonchev–Trinajstić information content (AvgIpc) is 2.47. The predicted molar refractivity (Wildman–Crippen MR) is 89.2 cm³/mol. The van der Waals surface area contributed by atoms with E-state index < -0.39 is 0 Å². The van der Waals surface area contributed by atoms with Gasteiger partial charge in [-0.3, -0.25) is 0 Å². The molecule has 0 aliphatic carbocycles. The number of ether oxygens (including phenoxy) is 2. The third-order valence-corrected chi connectivity index (χ3v) is 3.71. The van der Waals surface area contributed by atoms with Crippen LogP contribution in [0, 0.1) is 0 Å². The lowest BCUT2D eigenvalue weighted by atomic mass is 10.1. The molecule has 0 N–H and O–H groups in total. The van der Waals surface area contributed by atoms with Crippen molar-refractivity contribution in [1.29, 1.82) is 0 Å². The molecule has 0 radical (unpaired) electrons. The molecule has 0 aromatic heterocycles. The smallest absolute Gasteiger partial charge is 0.0466 e. The Labute approximate surface area is 135 Å². The molecule has 0 saturated carbocycles. The number of alkyl halides is 2. The molecule has 4 heteroatoms. The van der Waals surface area contributed by atoms with Crippen LogP contribution < -0.4 is 0 Å². The van der Waals surface area contributed by atoms with E-state index in [1.165, 1.54) is 38.5 Å². The Morgan fingerprint density at radius 3 is 1.05 bits per heavy atom. The molecule has 122 valence electrons. The molecule has 0 aliphatic rings. The summed E-state index contributed by atoms with van der Waals surface area (Å²) in [5, 5.41) is 0. The molecule has 0 spiro atoms. The molecule has 0 aromatic carbocycles. The van der Waals surface area contributed by atoms with Gasteiger partial charge in [0.05, 0.1) is 0 Å². The van der Waals surface area contributed by atoms with E-state index in [2.05, 4.69) is 0 Å². The van der Waals surface area contributed by atoms with Crippen LogP contribution in [0.5, 0.6) is 0 Å². The molecule has 0 rings (SSSR count). The van der Waals surface area contributed by atoms with Crippen LogP contribution >= 0.6 is 23.2 Å². The van der Waals surface area contributed by atoms with Gasteiger partial charge < -0.3 is 9.47 Å². The predicted octanol–water partition coefficient (Wildman–Crippen LogP) is 5.40. The first-order valence-electron chi connectivity index (χ1n) is 8.19. The topological polar surface area (TPSA) is 18.5 Å². The van der Waals surface area contributed by atoms with E-state index in [-0.39, 0.29) is 0 Å². The highest BCUT2D eigenvalue weighted by atomic mass is 35.5. The second-order valence-corrected chi connectivity index (χ2v) is 5.89. The summed E-state index contributed by atoms with van der Waals surface area (Å²) in [5.41, 5.74) is 0. The summed E-state index contributed by atoms with van der Waals surface area (Å²) in [5.74, 6) is 1.50. The minimum absolute atomic E-state index is 0.750. The Kier molecular flexibility index (Phi) is 20.0. The van der Waals surface area contributed by atoms with E-state index in [4.69, 9.17) is 32.7 Å². The first kappa shape index (κ1) is 20.5. The van der Waals surface area contributed by atoms with Crippen molar-refractivity contribution in [3.05, 3.63) is 0 Å². The van der Waals surface area contributed by atoms with Gasteiger partial charge in [-0.15, -0.1) is 23.2 Å². The molecule has 2 nitrogen and oxygen atoms in total. The number of hydrogen-bond acceptors (Lipinski definition) is 2. The monoisotopic (exact) mass is 326 g/mol. The van der Waals surface area contributed by atoms with E-state index in [1.807, 2.05) is 0 Å². The van der Waals surface area contributed by atoms with E-state index in [1.54, 1.807) is 0 Å². The van der Waals surface area contributed by atoms with Crippen LogP contribution in [-0.2, 0) is 9.47 Å². The molecular formula is C16H32Cl2O2. The van der Waals surface area contributed by atoms with Gasteiger partial charge in [-0.2, -0.15) is 0 Å². The highest BCUT2D eigenvalue weighted by Gasteiger charge is 1.94. The van der Waals surface area contributed by atoms with Gasteiger partial charge in [0.15, 0.2) is 0 Å². The van der Waals surface area contributed by atoms with Gasteiger partial charge in [0.1, 0.15) is 0 Å². The maximum absolute atomic E-state index is 5.60. The van der Waals surface area contributed by atoms with Crippen LogP contribution in [0.3, 0.4) is 0 Å². The summed E-state index contributed by atoms with van der Waals surface area (Å²) < 4.78 is 11.1. The molecule has 0 aliphatic heterocycles. The van der Waals surface area contributed by atoms with Gasteiger partial charge in [0.2, 0.25) is 0 Å². The Balaban J connectivity index is 2.89. The molecule has 0 heterocycles. The molecule has 0 atom stereocenters. The molecular weight excluding hydrogens is 295 g/mol. The van der Waals surface area contributed by atoms with Crippen molar-refractivity contribution in [2.24, 2.45) is 0 Å². The fourth-order valence-electron chi connectivity index (χ4n) is 1.92. The van der Waals surface area contributed by atoms with Crippen molar-refractivity contribution >= 4 is 23.2 Å². The zero-order chi connectivity index (χ0) is 14.7. The van der Waals surface area contributed by atoms with Crippen LogP contribution in [0.4, 0.5) is 0 Å². The second kappa shape index (κ2) is 19.5. The highest BCUT2D eigenvalue weighted by Crippen LogP contribution is 2.06. The average molecular weight is 327 g/mol. The summed E-state index contributed by atoms with van der Waals surface area (Å²) in [6.07, 6.45) is 11.9. The van der Waals surface area contributed by atoms with Gasteiger partial charge in [-0.05, 0) is 38.5 Å². The third kappa shape index (κ3) is 18.5. The Morgan fingerprint density at radius 2 is 0.700 bits per heavy atom. The molecule has 0 bridgehead atoms. The standard InChI is InChI=1S/C16H32Cl2O2/c17-11-5-9-15-19-13-7-3-1-2-4-8-14-20-16-10-6-12-18/h1-16H2. The van der Waals surface area contributed by atoms with E-state index in [0.717, 1.165) is 63.9 Å². The van der Waals surface area contributed by atoms with Crippen LogP contribution in [0.2, 0.25) is 0 Å². The minimum atomic E-state index is 0.750. The molecule has 0 unspecified atom stereocenters. The Bertz CT molecular complexity index is 151. The first-order chi connectivity index (χ1) is 9.91. The normalized spacial score (nSPS) is 11.1. The number of rotatable bonds is 17. The highest BCUT2D eigenvalue weighted by molar-refractivity contribution is 6.18.